The Hall–Kier alpha value is -2.18. The zero-order valence-corrected chi connectivity index (χ0v) is 15.6. The van der Waals surface area contributed by atoms with Crippen LogP contribution in [-0.2, 0) is 6.54 Å². The molecule has 6 heteroatoms. The van der Waals surface area contributed by atoms with Gasteiger partial charge in [0.2, 0.25) is 0 Å². The molecule has 0 atom stereocenters. The quantitative estimate of drug-likeness (QED) is 0.616. The first-order valence-electron chi connectivity index (χ1n) is 7.51. The molecule has 0 aliphatic carbocycles. The second-order valence-electron chi connectivity index (χ2n) is 5.45. The number of aromatic nitrogens is 2. The first kappa shape index (κ1) is 16.7. The molecule has 1 aromatic heterocycles. The van der Waals surface area contributed by atoms with Crippen LogP contribution in [0.2, 0.25) is 0 Å². The molecule has 24 heavy (non-hydrogen) atoms. The van der Waals surface area contributed by atoms with Crippen LogP contribution in [0.5, 0.6) is 0 Å². The molecular weight excluding hydrogens is 384 g/mol. The van der Waals surface area contributed by atoms with E-state index in [2.05, 4.69) is 43.8 Å². The summed E-state index contributed by atoms with van der Waals surface area (Å²) in [7, 11) is 0. The Labute approximate surface area is 155 Å². The lowest BCUT2D eigenvalue weighted by Gasteiger charge is -2.11. The monoisotopic (exact) mass is 400 g/mol. The predicted octanol–water partition coefficient (Wildman–Crippen LogP) is 4.81. The lowest BCUT2D eigenvalue weighted by atomic mass is 10.2. The van der Waals surface area contributed by atoms with Crippen molar-refractivity contribution in [2.45, 2.75) is 13.5 Å². The second-order valence-corrected chi connectivity index (χ2v) is 6.77. The molecule has 0 fully saturated rings. The summed E-state index contributed by atoms with van der Waals surface area (Å²) in [5.41, 5.74) is 4.19. The van der Waals surface area contributed by atoms with Crippen LogP contribution in [0, 0.1) is 6.92 Å². The van der Waals surface area contributed by atoms with Gasteiger partial charge in [-0.3, -0.25) is 4.68 Å². The SMILES string of the molecule is Cc1ccccc1NC(=S)Nc1cnn(Cc2ccc(Br)cc2)c1. The van der Waals surface area contributed by atoms with Gasteiger partial charge in [0.05, 0.1) is 18.4 Å². The van der Waals surface area contributed by atoms with E-state index in [9.17, 15) is 0 Å². The zero-order valence-electron chi connectivity index (χ0n) is 13.2. The van der Waals surface area contributed by atoms with E-state index in [1.165, 1.54) is 5.56 Å². The molecule has 0 saturated carbocycles. The Bertz CT molecular complexity index is 842. The van der Waals surface area contributed by atoms with Crippen LogP contribution >= 0.6 is 28.1 Å². The minimum atomic E-state index is 0.549. The van der Waals surface area contributed by atoms with E-state index in [0.717, 1.165) is 21.4 Å². The van der Waals surface area contributed by atoms with Crippen molar-refractivity contribution >= 4 is 44.6 Å². The molecule has 3 aromatic rings. The minimum Gasteiger partial charge on any atom is -0.332 e. The van der Waals surface area contributed by atoms with Gasteiger partial charge in [-0.2, -0.15) is 5.10 Å². The van der Waals surface area contributed by atoms with Crippen molar-refractivity contribution in [2.75, 3.05) is 10.6 Å². The number of nitrogens with one attached hydrogen (secondary N) is 2. The molecule has 1 heterocycles. The molecule has 122 valence electrons. The maximum atomic E-state index is 5.37. The fourth-order valence-electron chi connectivity index (χ4n) is 2.29. The summed E-state index contributed by atoms with van der Waals surface area (Å²) in [4.78, 5) is 0. The Morgan fingerprint density at radius 1 is 1.12 bits per heavy atom. The third-order valence-electron chi connectivity index (χ3n) is 3.54. The number of para-hydroxylation sites is 1. The molecule has 0 amide bonds. The van der Waals surface area contributed by atoms with Gasteiger partial charge in [0.25, 0.3) is 0 Å². The third kappa shape index (κ3) is 4.43. The average Bonchev–Trinajstić information content (AvgIpc) is 2.99. The van der Waals surface area contributed by atoms with Crippen molar-refractivity contribution in [3.05, 3.63) is 76.5 Å². The Morgan fingerprint density at radius 2 is 1.88 bits per heavy atom. The maximum Gasteiger partial charge on any atom is 0.175 e. The van der Waals surface area contributed by atoms with Gasteiger partial charge in [-0.05, 0) is 48.5 Å². The van der Waals surface area contributed by atoms with Gasteiger partial charge in [0.1, 0.15) is 0 Å². The van der Waals surface area contributed by atoms with Crippen LogP contribution in [0.25, 0.3) is 0 Å². The molecule has 0 aliphatic rings. The molecule has 0 spiro atoms. The van der Waals surface area contributed by atoms with E-state index in [4.69, 9.17) is 12.2 Å². The number of thiocarbonyl (C=S) groups is 1. The van der Waals surface area contributed by atoms with Crippen molar-refractivity contribution in [1.82, 2.24) is 9.78 Å². The Balaban J connectivity index is 1.60. The highest BCUT2D eigenvalue weighted by molar-refractivity contribution is 9.10. The van der Waals surface area contributed by atoms with Crippen molar-refractivity contribution < 1.29 is 0 Å². The van der Waals surface area contributed by atoms with Gasteiger partial charge in [0, 0.05) is 16.4 Å². The summed E-state index contributed by atoms with van der Waals surface area (Å²) < 4.78 is 2.95. The van der Waals surface area contributed by atoms with Crippen molar-refractivity contribution in [3.8, 4) is 0 Å². The van der Waals surface area contributed by atoms with Crippen molar-refractivity contribution in [3.63, 3.8) is 0 Å². The summed E-state index contributed by atoms with van der Waals surface area (Å²) in [5, 5.41) is 11.3. The van der Waals surface area contributed by atoms with E-state index in [1.54, 1.807) is 6.20 Å². The highest BCUT2D eigenvalue weighted by atomic mass is 79.9. The van der Waals surface area contributed by atoms with Crippen molar-refractivity contribution in [2.24, 2.45) is 0 Å². The van der Waals surface area contributed by atoms with Crippen molar-refractivity contribution in [1.29, 1.82) is 0 Å². The number of anilines is 2. The smallest absolute Gasteiger partial charge is 0.175 e. The number of nitrogens with zero attached hydrogens (tertiary/aromatic N) is 2. The van der Waals surface area contributed by atoms with Crippen LogP contribution in [0.3, 0.4) is 0 Å². The molecule has 0 saturated heterocycles. The predicted molar refractivity (Wildman–Crippen MR) is 106 cm³/mol. The Kier molecular flexibility index (Phi) is 5.27. The van der Waals surface area contributed by atoms with E-state index in [0.29, 0.717) is 11.7 Å². The van der Waals surface area contributed by atoms with Crippen LogP contribution in [0.15, 0.2) is 65.4 Å². The molecule has 2 aromatic carbocycles. The lowest BCUT2D eigenvalue weighted by Crippen LogP contribution is -2.19. The fourth-order valence-corrected chi connectivity index (χ4v) is 2.78. The minimum absolute atomic E-state index is 0.549. The van der Waals surface area contributed by atoms with Gasteiger partial charge in [-0.25, -0.2) is 0 Å². The Morgan fingerprint density at radius 3 is 2.62 bits per heavy atom. The molecule has 0 aliphatic heterocycles. The number of benzene rings is 2. The number of aryl methyl sites for hydroxylation is 1. The normalized spacial score (nSPS) is 10.4. The van der Waals surface area contributed by atoms with Gasteiger partial charge in [-0.1, -0.05) is 46.3 Å². The largest absolute Gasteiger partial charge is 0.332 e. The number of rotatable bonds is 4. The van der Waals surface area contributed by atoms with E-state index >= 15 is 0 Å². The van der Waals surface area contributed by atoms with E-state index in [1.807, 2.05) is 54.2 Å². The molecule has 0 radical (unpaired) electrons. The van der Waals surface area contributed by atoms with Crippen LogP contribution in [0.4, 0.5) is 11.4 Å². The zero-order chi connectivity index (χ0) is 16.9. The molecule has 2 N–H and O–H groups in total. The number of hydrogen-bond acceptors (Lipinski definition) is 2. The summed E-state index contributed by atoms with van der Waals surface area (Å²) in [6.07, 6.45) is 3.71. The van der Waals surface area contributed by atoms with Gasteiger partial charge in [-0.15, -0.1) is 0 Å². The highest BCUT2D eigenvalue weighted by Crippen LogP contribution is 2.15. The number of halogens is 1. The van der Waals surface area contributed by atoms with E-state index < -0.39 is 0 Å². The summed E-state index contributed by atoms with van der Waals surface area (Å²) in [5.74, 6) is 0. The summed E-state index contributed by atoms with van der Waals surface area (Å²) in [6.45, 7) is 2.76. The maximum absolute atomic E-state index is 5.37. The van der Waals surface area contributed by atoms with Crippen LogP contribution in [-0.4, -0.2) is 14.9 Å². The van der Waals surface area contributed by atoms with E-state index in [-0.39, 0.29) is 0 Å². The summed E-state index contributed by atoms with van der Waals surface area (Å²) >= 11 is 8.81. The van der Waals surface area contributed by atoms with Gasteiger partial charge in [0.15, 0.2) is 5.11 Å². The topological polar surface area (TPSA) is 41.9 Å². The van der Waals surface area contributed by atoms with Gasteiger partial charge < -0.3 is 10.6 Å². The fraction of sp³-hybridized carbons (Fsp3) is 0.111. The summed E-state index contributed by atoms with van der Waals surface area (Å²) in [6, 6.07) is 16.2. The first-order valence-corrected chi connectivity index (χ1v) is 8.71. The second kappa shape index (κ2) is 7.59. The standard InChI is InChI=1S/C18H17BrN4S/c1-13-4-2-3-5-17(13)22-18(24)21-16-10-20-23(12-16)11-14-6-8-15(19)9-7-14/h2-10,12H,11H2,1H3,(H2,21,22,24). The first-order chi connectivity index (χ1) is 11.6. The molecular formula is C18H17BrN4S. The molecule has 4 nitrogen and oxygen atoms in total. The van der Waals surface area contributed by atoms with Gasteiger partial charge >= 0.3 is 0 Å². The van der Waals surface area contributed by atoms with Crippen LogP contribution in [0.1, 0.15) is 11.1 Å². The molecule has 3 rings (SSSR count). The van der Waals surface area contributed by atoms with Crippen LogP contribution < -0.4 is 10.6 Å². The molecule has 0 unspecified atom stereocenters. The third-order valence-corrected chi connectivity index (χ3v) is 4.27. The highest BCUT2D eigenvalue weighted by Gasteiger charge is 2.04. The molecule has 0 bridgehead atoms. The number of hydrogen-bond donors (Lipinski definition) is 2. The average molecular weight is 401 g/mol. The lowest BCUT2D eigenvalue weighted by molar-refractivity contribution is 0.687.